The summed E-state index contributed by atoms with van der Waals surface area (Å²) >= 11 is 0. The summed E-state index contributed by atoms with van der Waals surface area (Å²) in [5.41, 5.74) is 1.41. The van der Waals surface area contributed by atoms with Gasteiger partial charge in [-0.15, -0.1) is 0 Å². The van der Waals surface area contributed by atoms with Gasteiger partial charge in [-0.05, 0) is 19.9 Å². The highest BCUT2D eigenvalue weighted by atomic mass is 32.2. The zero-order chi connectivity index (χ0) is 18.2. The number of aromatic nitrogens is 4. The van der Waals surface area contributed by atoms with E-state index in [-0.39, 0.29) is 6.04 Å². The Balaban J connectivity index is 1.98. The van der Waals surface area contributed by atoms with Crippen LogP contribution in [0.4, 0.5) is 0 Å². The highest BCUT2D eigenvalue weighted by molar-refractivity contribution is 7.89. The van der Waals surface area contributed by atoms with Crippen molar-refractivity contribution in [1.82, 2.24) is 29.0 Å². The second kappa shape index (κ2) is 6.89. The van der Waals surface area contributed by atoms with Crippen molar-refractivity contribution in [3.63, 3.8) is 0 Å². The molecular formula is C16H26N6O2S. The van der Waals surface area contributed by atoms with Crippen molar-refractivity contribution in [2.24, 2.45) is 7.05 Å². The fourth-order valence-corrected chi connectivity index (χ4v) is 5.44. The third-order valence-corrected chi connectivity index (χ3v) is 6.90. The van der Waals surface area contributed by atoms with Gasteiger partial charge in [0, 0.05) is 39.1 Å². The SMILES string of the molecule is CCc1nn(C)c(CC)c1S(=O)(=O)N1CCN(C)[C@@H](c2ncc[nH]2)C1. The molecule has 25 heavy (non-hydrogen) atoms. The van der Waals surface area contributed by atoms with Gasteiger partial charge in [-0.2, -0.15) is 9.40 Å². The molecule has 1 aliphatic heterocycles. The first-order valence-electron chi connectivity index (χ1n) is 8.64. The summed E-state index contributed by atoms with van der Waals surface area (Å²) in [6, 6.07) is -0.0784. The molecule has 0 amide bonds. The van der Waals surface area contributed by atoms with E-state index in [1.54, 1.807) is 21.4 Å². The quantitative estimate of drug-likeness (QED) is 0.851. The van der Waals surface area contributed by atoms with Gasteiger partial charge in [0.25, 0.3) is 0 Å². The molecule has 1 N–H and O–H groups in total. The Kier molecular flexibility index (Phi) is 4.99. The number of piperazine rings is 1. The van der Waals surface area contributed by atoms with Crippen molar-refractivity contribution in [1.29, 1.82) is 0 Å². The van der Waals surface area contributed by atoms with Crippen LogP contribution in [0.25, 0.3) is 0 Å². The maximum atomic E-state index is 13.4. The van der Waals surface area contributed by atoms with Gasteiger partial charge in [-0.25, -0.2) is 13.4 Å². The Morgan fingerprint density at radius 1 is 1.24 bits per heavy atom. The summed E-state index contributed by atoms with van der Waals surface area (Å²) in [7, 11) is 0.216. The molecular weight excluding hydrogens is 340 g/mol. The molecule has 2 aromatic heterocycles. The predicted octanol–water partition coefficient (Wildman–Crippen LogP) is 0.945. The van der Waals surface area contributed by atoms with E-state index in [0.717, 1.165) is 11.5 Å². The molecule has 3 rings (SSSR count). The molecule has 1 atom stereocenters. The van der Waals surface area contributed by atoms with Gasteiger partial charge < -0.3 is 4.98 Å². The minimum absolute atomic E-state index is 0.0784. The molecule has 0 saturated carbocycles. The normalized spacial score (nSPS) is 20.2. The van der Waals surface area contributed by atoms with Gasteiger partial charge in [0.2, 0.25) is 10.0 Å². The van der Waals surface area contributed by atoms with Crippen LogP contribution >= 0.6 is 0 Å². The van der Waals surface area contributed by atoms with E-state index >= 15 is 0 Å². The maximum absolute atomic E-state index is 13.4. The summed E-state index contributed by atoms with van der Waals surface area (Å²) in [5, 5.41) is 4.43. The van der Waals surface area contributed by atoms with Gasteiger partial charge in [0.1, 0.15) is 10.7 Å². The highest BCUT2D eigenvalue weighted by Gasteiger charge is 2.37. The number of aromatic amines is 1. The topological polar surface area (TPSA) is 87.1 Å². The number of hydrogen-bond acceptors (Lipinski definition) is 5. The van der Waals surface area contributed by atoms with Crippen LogP contribution in [0.2, 0.25) is 0 Å². The lowest BCUT2D eigenvalue weighted by Crippen LogP contribution is -2.49. The predicted molar refractivity (Wildman–Crippen MR) is 94.7 cm³/mol. The van der Waals surface area contributed by atoms with Crippen LogP contribution in [0.1, 0.15) is 37.1 Å². The largest absolute Gasteiger partial charge is 0.347 e. The second-order valence-corrected chi connectivity index (χ2v) is 8.26. The number of nitrogens with zero attached hydrogens (tertiary/aromatic N) is 5. The summed E-state index contributed by atoms with van der Waals surface area (Å²) in [4.78, 5) is 9.95. The lowest BCUT2D eigenvalue weighted by molar-refractivity contribution is 0.142. The molecule has 3 heterocycles. The molecule has 0 aromatic carbocycles. The third kappa shape index (κ3) is 3.11. The van der Waals surface area contributed by atoms with Crippen molar-refractivity contribution in [2.75, 3.05) is 26.7 Å². The summed E-state index contributed by atoms with van der Waals surface area (Å²) in [6.07, 6.45) is 4.69. The molecule has 0 radical (unpaired) electrons. The maximum Gasteiger partial charge on any atom is 0.246 e. The van der Waals surface area contributed by atoms with E-state index in [9.17, 15) is 8.42 Å². The van der Waals surface area contributed by atoms with E-state index in [1.807, 2.05) is 27.9 Å². The number of sulfonamides is 1. The summed E-state index contributed by atoms with van der Waals surface area (Å²) in [5.74, 6) is 0.792. The van der Waals surface area contributed by atoms with Gasteiger partial charge >= 0.3 is 0 Å². The molecule has 0 aliphatic carbocycles. The van der Waals surface area contributed by atoms with Crippen LogP contribution in [0.5, 0.6) is 0 Å². The number of imidazole rings is 1. The van der Waals surface area contributed by atoms with Gasteiger partial charge in [-0.3, -0.25) is 9.58 Å². The van der Waals surface area contributed by atoms with Crippen molar-refractivity contribution < 1.29 is 8.42 Å². The monoisotopic (exact) mass is 366 g/mol. The zero-order valence-corrected chi connectivity index (χ0v) is 16.0. The summed E-state index contributed by atoms with van der Waals surface area (Å²) < 4.78 is 30.1. The van der Waals surface area contributed by atoms with Gasteiger partial charge in [0.15, 0.2) is 0 Å². The van der Waals surface area contributed by atoms with Crippen LogP contribution in [0.3, 0.4) is 0 Å². The van der Waals surface area contributed by atoms with Crippen LogP contribution in [-0.2, 0) is 29.9 Å². The van der Waals surface area contributed by atoms with E-state index in [2.05, 4.69) is 20.0 Å². The standard InChI is InChI=1S/C16H26N6O2S/c1-5-12-15(13(6-2)21(4)19-12)25(23,24)22-10-9-20(3)14(11-22)16-17-7-8-18-16/h7-8,14H,5-6,9-11H2,1-4H3,(H,17,18)/t14-/m1/s1. The Bertz CT molecular complexity index is 827. The molecule has 2 aromatic rings. The average molecular weight is 366 g/mol. The van der Waals surface area contributed by atoms with E-state index in [1.165, 1.54) is 0 Å². The molecule has 1 fully saturated rings. The van der Waals surface area contributed by atoms with Crippen molar-refractivity contribution in [3.8, 4) is 0 Å². The highest BCUT2D eigenvalue weighted by Crippen LogP contribution is 2.29. The minimum Gasteiger partial charge on any atom is -0.347 e. The summed E-state index contributed by atoms with van der Waals surface area (Å²) in [6.45, 7) is 5.42. The van der Waals surface area contributed by atoms with Crippen LogP contribution in [0.15, 0.2) is 17.3 Å². The number of rotatable bonds is 5. The molecule has 1 aliphatic rings. The number of hydrogen-bond donors (Lipinski definition) is 1. The first-order valence-corrected chi connectivity index (χ1v) is 10.1. The number of likely N-dealkylation sites (N-methyl/N-ethyl adjacent to an activating group) is 1. The number of H-pyrrole nitrogens is 1. The van der Waals surface area contributed by atoms with Crippen molar-refractivity contribution in [2.45, 2.75) is 37.6 Å². The Labute approximate surface area is 148 Å². The minimum atomic E-state index is -3.59. The van der Waals surface area contributed by atoms with Crippen molar-refractivity contribution >= 4 is 10.0 Å². The molecule has 0 spiro atoms. The second-order valence-electron chi connectivity index (χ2n) is 6.39. The molecule has 9 heteroatoms. The molecule has 8 nitrogen and oxygen atoms in total. The third-order valence-electron chi connectivity index (χ3n) is 4.90. The lowest BCUT2D eigenvalue weighted by atomic mass is 10.2. The average Bonchev–Trinajstić information content (AvgIpc) is 3.22. The fourth-order valence-electron chi connectivity index (χ4n) is 3.47. The van der Waals surface area contributed by atoms with E-state index < -0.39 is 10.0 Å². The molecule has 0 unspecified atom stereocenters. The van der Waals surface area contributed by atoms with E-state index in [0.29, 0.717) is 43.1 Å². The van der Waals surface area contributed by atoms with Gasteiger partial charge in [0.05, 0.1) is 17.4 Å². The molecule has 1 saturated heterocycles. The van der Waals surface area contributed by atoms with Crippen molar-refractivity contribution in [3.05, 3.63) is 29.6 Å². The Hall–Kier alpha value is -1.71. The smallest absolute Gasteiger partial charge is 0.246 e. The first-order chi connectivity index (χ1) is 11.9. The number of nitrogens with one attached hydrogen (secondary N) is 1. The Morgan fingerprint density at radius 2 is 2.00 bits per heavy atom. The fraction of sp³-hybridized carbons (Fsp3) is 0.625. The molecule has 0 bridgehead atoms. The van der Waals surface area contributed by atoms with Crippen LogP contribution < -0.4 is 0 Å². The van der Waals surface area contributed by atoms with Crippen LogP contribution in [0, 0.1) is 0 Å². The molecule has 138 valence electrons. The van der Waals surface area contributed by atoms with E-state index in [4.69, 9.17) is 0 Å². The lowest BCUT2D eigenvalue weighted by Gasteiger charge is -2.37. The van der Waals surface area contributed by atoms with Gasteiger partial charge in [-0.1, -0.05) is 13.8 Å². The zero-order valence-electron chi connectivity index (χ0n) is 15.2. The Morgan fingerprint density at radius 3 is 2.60 bits per heavy atom. The first kappa shape index (κ1) is 18.1. The van der Waals surface area contributed by atoms with Crippen LogP contribution in [-0.4, -0.2) is 64.1 Å². The number of aryl methyl sites for hydroxylation is 2.